The Bertz CT molecular complexity index is 417. The molecule has 1 aromatic rings. The van der Waals surface area contributed by atoms with Crippen molar-refractivity contribution in [3.63, 3.8) is 0 Å². The first-order valence-corrected chi connectivity index (χ1v) is 6.60. The quantitative estimate of drug-likeness (QED) is 0.484. The zero-order chi connectivity index (χ0) is 12.8. The summed E-state index contributed by atoms with van der Waals surface area (Å²) >= 11 is 0. The van der Waals surface area contributed by atoms with Crippen LogP contribution in [-0.2, 0) is 0 Å². The van der Waals surface area contributed by atoms with Crippen LogP contribution in [-0.4, -0.2) is 11.7 Å². The van der Waals surface area contributed by atoms with Gasteiger partial charge in [-0.3, -0.25) is 0 Å². The molecule has 0 bridgehead atoms. The number of hydrogen-bond donors (Lipinski definition) is 1. The molecule has 0 aromatic heterocycles. The molecule has 1 N–H and O–H groups in total. The van der Waals surface area contributed by atoms with E-state index in [2.05, 4.69) is 22.2 Å². The molecule has 2 rings (SSSR count). The minimum Gasteiger partial charge on any atom is -0.388 e. The first kappa shape index (κ1) is 12.9. The average molecular weight is 245 g/mol. The topological polar surface area (TPSA) is 69.0 Å². The summed E-state index contributed by atoms with van der Waals surface area (Å²) in [6, 6.07) is 8.10. The van der Waals surface area contributed by atoms with Crippen LogP contribution in [0.15, 0.2) is 29.4 Å². The Balaban J connectivity index is 2.02. The van der Waals surface area contributed by atoms with Crippen molar-refractivity contribution in [1.29, 1.82) is 0 Å². The van der Waals surface area contributed by atoms with Crippen LogP contribution < -0.4 is 0 Å². The monoisotopic (exact) mass is 245 g/mol. The lowest BCUT2D eigenvalue weighted by Gasteiger charge is -2.22. The Morgan fingerprint density at radius 2 is 1.89 bits per heavy atom. The van der Waals surface area contributed by atoms with E-state index in [1.807, 2.05) is 12.1 Å². The van der Waals surface area contributed by atoms with E-state index in [0.717, 1.165) is 5.56 Å². The van der Waals surface area contributed by atoms with Crippen molar-refractivity contribution in [2.24, 2.45) is 5.11 Å². The third-order valence-electron chi connectivity index (χ3n) is 3.72. The van der Waals surface area contributed by atoms with E-state index in [1.165, 1.54) is 37.7 Å². The van der Waals surface area contributed by atoms with Crippen molar-refractivity contribution in [3.8, 4) is 0 Å². The van der Waals surface area contributed by atoms with Crippen molar-refractivity contribution < 1.29 is 5.11 Å². The third-order valence-corrected chi connectivity index (χ3v) is 3.72. The normalized spacial score (nSPS) is 18.1. The summed E-state index contributed by atoms with van der Waals surface area (Å²) in [4.78, 5) is 2.66. The van der Waals surface area contributed by atoms with Gasteiger partial charge >= 0.3 is 0 Å². The van der Waals surface area contributed by atoms with E-state index in [9.17, 15) is 5.11 Å². The standard InChI is InChI=1S/C14H19N3O/c15-17-16-10-14(18)13-8-6-12(7-9-13)11-4-2-1-3-5-11/h6-9,11,14,18H,1-5,10H2. The molecule has 0 amide bonds. The predicted octanol–water partition coefficient (Wildman–Crippen LogP) is 4.08. The van der Waals surface area contributed by atoms with Crippen molar-refractivity contribution >= 4 is 0 Å². The Morgan fingerprint density at radius 3 is 2.50 bits per heavy atom. The predicted molar refractivity (Wildman–Crippen MR) is 71.2 cm³/mol. The fourth-order valence-corrected chi connectivity index (χ4v) is 2.65. The first-order chi connectivity index (χ1) is 8.81. The van der Waals surface area contributed by atoms with Crippen molar-refractivity contribution in [3.05, 3.63) is 45.8 Å². The van der Waals surface area contributed by atoms with Gasteiger partial charge in [0.15, 0.2) is 0 Å². The van der Waals surface area contributed by atoms with E-state index >= 15 is 0 Å². The van der Waals surface area contributed by atoms with Crippen LogP contribution in [0.25, 0.3) is 10.4 Å². The third kappa shape index (κ3) is 3.25. The second-order valence-corrected chi connectivity index (χ2v) is 4.93. The van der Waals surface area contributed by atoms with Gasteiger partial charge in [-0.25, -0.2) is 0 Å². The number of nitrogens with zero attached hydrogens (tertiary/aromatic N) is 3. The summed E-state index contributed by atoms with van der Waals surface area (Å²) in [6.45, 7) is 0.0965. The number of aliphatic hydroxyl groups is 1. The number of benzene rings is 1. The maximum absolute atomic E-state index is 9.79. The van der Waals surface area contributed by atoms with Gasteiger partial charge in [0, 0.05) is 4.91 Å². The smallest absolute Gasteiger partial charge is 0.0846 e. The number of aliphatic hydroxyl groups excluding tert-OH is 1. The van der Waals surface area contributed by atoms with Gasteiger partial charge in [-0.2, -0.15) is 0 Å². The summed E-state index contributed by atoms with van der Waals surface area (Å²) < 4.78 is 0. The zero-order valence-electron chi connectivity index (χ0n) is 10.5. The fourth-order valence-electron chi connectivity index (χ4n) is 2.65. The van der Waals surface area contributed by atoms with Gasteiger partial charge in [0.2, 0.25) is 0 Å². The van der Waals surface area contributed by atoms with Crippen LogP contribution in [0.3, 0.4) is 0 Å². The second kappa shape index (κ2) is 6.43. The highest BCUT2D eigenvalue weighted by Crippen LogP contribution is 2.32. The van der Waals surface area contributed by atoms with Crippen LogP contribution in [0.4, 0.5) is 0 Å². The molecule has 1 aliphatic carbocycles. The van der Waals surface area contributed by atoms with Crippen molar-refractivity contribution in [2.75, 3.05) is 6.54 Å². The molecule has 4 nitrogen and oxygen atoms in total. The summed E-state index contributed by atoms with van der Waals surface area (Å²) in [7, 11) is 0. The highest BCUT2D eigenvalue weighted by atomic mass is 16.3. The molecule has 1 fully saturated rings. The zero-order valence-corrected chi connectivity index (χ0v) is 10.5. The number of azide groups is 1. The van der Waals surface area contributed by atoms with Crippen molar-refractivity contribution in [1.82, 2.24) is 0 Å². The highest BCUT2D eigenvalue weighted by molar-refractivity contribution is 5.27. The Kier molecular flexibility index (Phi) is 4.62. The van der Waals surface area contributed by atoms with Gasteiger partial charge < -0.3 is 5.11 Å². The second-order valence-electron chi connectivity index (χ2n) is 4.93. The van der Waals surface area contributed by atoms with E-state index in [4.69, 9.17) is 5.53 Å². The lowest BCUT2D eigenvalue weighted by molar-refractivity contribution is 0.186. The van der Waals surface area contributed by atoms with Crippen LogP contribution >= 0.6 is 0 Å². The first-order valence-electron chi connectivity index (χ1n) is 6.60. The maximum atomic E-state index is 9.79. The molecule has 1 saturated carbocycles. The van der Waals surface area contributed by atoms with Gasteiger partial charge in [0.25, 0.3) is 0 Å². The minimum atomic E-state index is -0.693. The average Bonchev–Trinajstić information content (AvgIpc) is 2.46. The van der Waals surface area contributed by atoms with Gasteiger partial charge in [-0.05, 0) is 35.4 Å². The molecular formula is C14H19N3O. The van der Waals surface area contributed by atoms with E-state index < -0.39 is 6.10 Å². The molecule has 0 aliphatic heterocycles. The van der Waals surface area contributed by atoms with Crippen LogP contribution in [0.5, 0.6) is 0 Å². The van der Waals surface area contributed by atoms with Gasteiger partial charge in [-0.15, -0.1) is 0 Å². The van der Waals surface area contributed by atoms with Crippen molar-refractivity contribution in [2.45, 2.75) is 44.1 Å². The molecule has 0 heterocycles. The molecule has 0 radical (unpaired) electrons. The molecule has 1 unspecified atom stereocenters. The molecule has 1 aromatic carbocycles. The SMILES string of the molecule is [N-]=[N+]=NCC(O)c1ccc(C2CCCCC2)cc1. The lowest BCUT2D eigenvalue weighted by Crippen LogP contribution is -2.05. The molecule has 1 atom stereocenters. The van der Waals surface area contributed by atoms with Crippen LogP contribution in [0.2, 0.25) is 0 Å². The highest BCUT2D eigenvalue weighted by Gasteiger charge is 2.15. The summed E-state index contributed by atoms with van der Waals surface area (Å²) in [5.41, 5.74) is 10.4. The molecule has 0 saturated heterocycles. The van der Waals surface area contributed by atoms with Gasteiger partial charge in [0.05, 0.1) is 12.6 Å². The minimum absolute atomic E-state index is 0.0965. The van der Waals surface area contributed by atoms with E-state index in [-0.39, 0.29) is 6.54 Å². The summed E-state index contributed by atoms with van der Waals surface area (Å²) in [5, 5.41) is 13.2. The van der Waals surface area contributed by atoms with E-state index in [0.29, 0.717) is 5.92 Å². The van der Waals surface area contributed by atoms with Gasteiger partial charge in [0.1, 0.15) is 0 Å². The summed E-state index contributed by atoms with van der Waals surface area (Å²) in [5.74, 6) is 0.682. The molecule has 4 heteroatoms. The van der Waals surface area contributed by atoms with Crippen LogP contribution in [0, 0.1) is 0 Å². The Labute approximate surface area is 107 Å². The molecule has 1 aliphatic rings. The molecular weight excluding hydrogens is 226 g/mol. The molecule has 0 spiro atoms. The summed E-state index contributed by atoms with van der Waals surface area (Å²) in [6.07, 6.45) is 5.87. The lowest BCUT2D eigenvalue weighted by atomic mass is 9.84. The number of rotatable bonds is 4. The van der Waals surface area contributed by atoms with Gasteiger partial charge in [-0.1, -0.05) is 48.6 Å². The Morgan fingerprint density at radius 1 is 1.22 bits per heavy atom. The van der Waals surface area contributed by atoms with E-state index in [1.54, 1.807) is 0 Å². The molecule has 96 valence electrons. The van der Waals surface area contributed by atoms with Crippen LogP contribution in [0.1, 0.15) is 55.3 Å². The Hall–Kier alpha value is -1.51. The largest absolute Gasteiger partial charge is 0.388 e. The fraction of sp³-hybridized carbons (Fsp3) is 0.571. The molecule has 18 heavy (non-hydrogen) atoms. The maximum Gasteiger partial charge on any atom is 0.0846 e. The number of hydrogen-bond acceptors (Lipinski definition) is 2.